The molecule has 0 heterocycles. The maximum absolute atomic E-state index is 10.7. The van der Waals surface area contributed by atoms with E-state index in [-0.39, 0.29) is 10.6 Å². The van der Waals surface area contributed by atoms with Crippen LogP contribution in [0.25, 0.3) is 6.08 Å². The number of carbonyl (C=O) groups is 1. The molecule has 0 aromatic heterocycles. The van der Waals surface area contributed by atoms with Gasteiger partial charge in [0.2, 0.25) is 0 Å². The van der Waals surface area contributed by atoms with Crippen LogP contribution in [0.15, 0.2) is 24.8 Å². The van der Waals surface area contributed by atoms with Gasteiger partial charge in [-0.1, -0.05) is 36.4 Å². The molecule has 0 aliphatic rings. The van der Waals surface area contributed by atoms with Gasteiger partial charge in [-0.3, -0.25) is 0 Å². The van der Waals surface area contributed by atoms with E-state index in [4.69, 9.17) is 16.7 Å². The molecule has 0 atom stereocenters. The molecule has 62 valence electrons. The predicted octanol–water partition coefficient (Wildman–Crippen LogP) is 2.68. The van der Waals surface area contributed by atoms with Crippen LogP contribution in [0, 0.1) is 0 Å². The molecule has 1 aromatic carbocycles. The van der Waals surface area contributed by atoms with Crippen LogP contribution in [0.1, 0.15) is 15.9 Å². The summed E-state index contributed by atoms with van der Waals surface area (Å²) >= 11 is 5.67. The highest BCUT2D eigenvalue weighted by molar-refractivity contribution is 6.33. The van der Waals surface area contributed by atoms with Crippen molar-refractivity contribution in [2.75, 3.05) is 0 Å². The Bertz CT molecular complexity index is 331. The first kappa shape index (κ1) is 8.81. The summed E-state index contributed by atoms with van der Waals surface area (Å²) in [6, 6.07) is 4.88. The summed E-state index contributed by atoms with van der Waals surface area (Å²) in [5, 5.41) is 8.98. The highest BCUT2D eigenvalue weighted by Gasteiger charge is 2.11. The SMILES string of the molecule is C=Cc1cccc(Cl)c1C(=O)O. The van der Waals surface area contributed by atoms with E-state index in [1.807, 2.05) is 0 Å². The van der Waals surface area contributed by atoms with E-state index in [1.165, 1.54) is 12.1 Å². The van der Waals surface area contributed by atoms with Crippen LogP contribution >= 0.6 is 11.6 Å². The van der Waals surface area contributed by atoms with E-state index in [0.29, 0.717) is 5.56 Å². The Labute approximate surface area is 75.1 Å². The monoisotopic (exact) mass is 182 g/mol. The van der Waals surface area contributed by atoms with Crippen molar-refractivity contribution in [1.29, 1.82) is 0 Å². The number of rotatable bonds is 2. The second-order valence-corrected chi connectivity index (χ2v) is 2.62. The number of carboxylic acids is 1. The Kier molecular flexibility index (Phi) is 2.51. The van der Waals surface area contributed by atoms with Gasteiger partial charge >= 0.3 is 5.97 Å². The summed E-state index contributed by atoms with van der Waals surface area (Å²) in [4.78, 5) is 10.7. The largest absolute Gasteiger partial charge is 0.478 e. The zero-order chi connectivity index (χ0) is 9.14. The van der Waals surface area contributed by atoms with Crippen LogP contribution in [0.2, 0.25) is 5.02 Å². The second kappa shape index (κ2) is 3.41. The highest BCUT2D eigenvalue weighted by Crippen LogP contribution is 2.20. The van der Waals surface area contributed by atoms with E-state index in [1.54, 1.807) is 12.1 Å². The van der Waals surface area contributed by atoms with Gasteiger partial charge in [0.15, 0.2) is 0 Å². The van der Waals surface area contributed by atoms with Crippen LogP contribution in [0.3, 0.4) is 0 Å². The topological polar surface area (TPSA) is 37.3 Å². The average Bonchev–Trinajstić information content (AvgIpc) is 2.03. The highest BCUT2D eigenvalue weighted by atomic mass is 35.5. The molecule has 12 heavy (non-hydrogen) atoms. The zero-order valence-electron chi connectivity index (χ0n) is 6.25. The smallest absolute Gasteiger partial charge is 0.337 e. The van der Waals surface area contributed by atoms with Crippen molar-refractivity contribution in [3.63, 3.8) is 0 Å². The molecular formula is C9H7ClO2. The van der Waals surface area contributed by atoms with E-state index in [2.05, 4.69) is 6.58 Å². The van der Waals surface area contributed by atoms with Gasteiger partial charge in [-0.05, 0) is 11.6 Å². The normalized spacial score (nSPS) is 9.42. The molecule has 0 bridgehead atoms. The summed E-state index contributed by atoms with van der Waals surface area (Å²) in [7, 11) is 0. The van der Waals surface area contributed by atoms with Crippen molar-refractivity contribution in [3.8, 4) is 0 Å². The third-order valence-corrected chi connectivity index (χ3v) is 1.79. The minimum atomic E-state index is -1.03. The first-order valence-electron chi connectivity index (χ1n) is 3.31. The number of hydrogen-bond donors (Lipinski definition) is 1. The quantitative estimate of drug-likeness (QED) is 0.764. The Balaban J connectivity index is 3.39. The van der Waals surface area contributed by atoms with Gasteiger partial charge in [-0.2, -0.15) is 0 Å². The van der Waals surface area contributed by atoms with E-state index in [0.717, 1.165) is 0 Å². The summed E-state index contributed by atoms with van der Waals surface area (Å²) in [5.41, 5.74) is 0.643. The molecule has 0 fully saturated rings. The maximum Gasteiger partial charge on any atom is 0.337 e. The number of hydrogen-bond acceptors (Lipinski definition) is 1. The summed E-state index contributed by atoms with van der Waals surface area (Å²) < 4.78 is 0. The van der Waals surface area contributed by atoms with Gasteiger partial charge in [0.25, 0.3) is 0 Å². The Morgan fingerprint density at radius 2 is 2.25 bits per heavy atom. The fourth-order valence-corrected chi connectivity index (χ4v) is 1.20. The standard InChI is InChI=1S/C9H7ClO2/c1-2-6-4-3-5-7(10)8(6)9(11)12/h2-5H,1H2,(H,11,12). The van der Waals surface area contributed by atoms with Gasteiger partial charge < -0.3 is 5.11 Å². The van der Waals surface area contributed by atoms with Crippen molar-refractivity contribution in [1.82, 2.24) is 0 Å². The molecule has 0 spiro atoms. The Hall–Kier alpha value is -1.28. The molecule has 0 saturated heterocycles. The first-order chi connectivity index (χ1) is 5.66. The average molecular weight is 183 g/mol. The van der Waals surface area contributed by atoms with Crippen LogP contribution in [-0.2, 0) is 0 Å². The fourth-order valence-electron chi connectivity index (χ4n) is 0.937. The number of halogens is 1. The molecule has 0 unspecified atom stereocenters. The molecule has 1 N–H and O–H groups in total. The van der Waals surface area contributed by atoms with E-state index >= 15 is 0 Å². The third-order valence-electron chi connectivity index (χ3n) is 1.48. The zero-order valence-corrected chi connectivity index (χ0v) is 7.01. The number of carboxylic acid groups (broad SMARTS) is 1. The lowest BCUT2D eigenvalue weighted by molar-refractivity contribution is 0.0697. The van der Waals surface area contributed by atoms with Crippen molar-refractivity contribution in [2.45, 2.75) is 0 Å². The molecule has 1 aromatic rings. The van der Waals surface area contributed by atoms with Crippen molar-refractivity contribution in [3.05, 3.63) is 40.9 Å². The maximum atomic E-state index is 10.7. The minimum absolute atomic E-state index is 0.106. The molecule has 2 nitrogen and oxygen atoms in total. The lowest BCUT2D eigenvalue weighted by atomic mass is 10.1. The first-order valence-corrected chi connectivity index (χ1v) is 3.69. The Morgan fingerprint density at radius 1 is 1.58 bits per heavy atom. The van der Waals surface area contributed by atoms with E-state index in [9.17, 15) is 4.79 Å². The number of benzene rings is 1. The Morgan fingerprint density at radius 3 is 2.67 bits per heavy atom. The molecule has 0 amide bonds. The minimum Gasteiger partial charge on any atom is -0.478 e. The lowest BCUT2D eigenvalue weighted by Crippen LogP contribution is -2.00. The molecule has 0 aliphatic carbocycles. The van der Waals surface area contributed by atoms with Gasteiger partial charge in [-0.25, -0.2) is 4.79 Å². The van der Waals surface area contributed by atoms with Crippen molar-refractivity contribution < 1.29 is 9.90 Å². The lowest BCUT2D eigenvalue weighted by Gasteiger charge is -2.01. The third kappa shape index (κ3) is 1.48. The molecule has 0 saturated carbocycles. The van der Waals surface area contributed by atoms with Gasteiger partial charge in [-0.15, -0.1) is 0 Å². The van der Waals surface area contributed by atoms with E-state index < -0.39 is 5.97 Å². The van der Waals surface area contributed by atoms with Gasteiger partial charge in [0, 0.05) is 0 Å². The summed E-state index contributed by atoms with van der Waals surface area (Å²) in [6.07, 6.45) is 1.47. The molecule has 1 rings (SSSR count). The summed E-state index contributed by atoms with van der Waals surface area (Å²) in [6.45, 7) is 3.49. The molecule has 3 heteroatoms. The molecule has 0 aliphatic heterocycles. The van der Waals surface area contributed by atoms with Gasteiger partial charge in [0.05, 0.1) is 10.6 Å². The van der Waals surface area contributed by atoms with Crippen molar-refractivity contribution in [2.24, 2.45) is 0 Å². The number of aromatic carboxylic acids is 1. The van der Waals surface area contributed by atoms with Crippen molar-refractivity contribution >= 4 is 23.6 Å². The van der Waals surface area contributed by atoms with Gasteiger partial charge in [0.1, 0.15) is 0 Å². The predicted molar refractivity (Wildman–Crippen MR) is 48.5 cm³/mol. The fraction of sp³-hybridized carbons (Fsp3) is 0. The summed E-state index contributed by atoms with van der Waals surface area (Å²) in [5.74, 6) is -1.03. The van der Waals surface area contributed by atoms with Crippen LogP contribution in [-0.4, -0.2) is 11.1 Å². The van der Waals surface area contributed by atoms with Crippen LogP contribution < -0.4 is 0 Å². The van der Waals surface area contributed by atoms with Crippen LogP contribution in [0.4, 0.5) is 0 Å². The van der Waals surface area contributed by atoms with Crippen LogP contribution in [0.5, 0.6) is 0 Å². The second-order valence-electron chi connectivity index (χ2n) is 2.21. The molecule has 0 radical (unpaired) electrons. The molecular weight excluding hydrogens is 176 g/mol.